The molecule has 1 aromatic carbocycles. The van der Waals surface area contributed by atoms with Gasteiger partial charge in [-0.2, -0.15) is 0 Å². The highest BCUT2D eigenvalue weighted by molar-refractivity contribution is 6.31. The Morgan fingerprint density at radius 2 is 2.07 bits per heavy atom. The van der Waals surface area contributed by atoms with Crippen LogP contribution in [-0.2, 0) is 24.7 Å². The molecule has 9 heteroatoms. The van der Waals surface area contributed by atoms with Crippen LogP contribution in [0.25, 0.3) is 0 Å². The van der Waals surface area contributed by atoms with Crippen LogP contribution in [0.5, 0.6) is 0 Å². The minimum absolute atomic E-state index is 0.105. The Balaban J connectivity index is 1.86. The molecule has 4 rings (SSSR count). The third-order valence-electron chi connectivity index (χ3n) is 5.74. The van der Waals surface area contributed by atoms with Gasteiger partial charge >= 0.3 is 0 Å². The number of nitrogens with zero attached hydrogens (tertiary/aromatic N) is 1. The van der Waals surface area contributed by atoms with Gasteiger partial charge < -0.3 is 15.2 Å². The molecule has 144 valence electrons. The van der Waals surface area contributed by atoms with Crippen LogP contribution in [0.2, 0.25) is 5.02 Å². The monoisotopic (exact) mass is 393 g/mol. The number of anilines is 1. The number of carbonyl (C=O) groups is 3. The Bertz CT molecular complexity index is 844. The van der Waals surface area contributed by atoms with Crippen LogP contribution in [0.1, 0.15) is 12.5 Å². The van der Waals surface area contributed by atoms with Crippen LogP contribution in [0, 0.1) is 11.8 Å². The minimum Gasteiger partial charge on any atom is -0.392 e. The summed E-state index contributed by atoms with van der Waals surface area (Å²) in [5, 5.41) is 16.6. The molecule has 3 aliphatic rings. The number of amides is 3. The van der Waals surface area contributed by atoms with Crippen molar-refractivity contribution in [2.75, 3.05) is 25.6 Å². The lowest BCUT2D eigenvalue weighted by Gasteiger charge is -2.30. The van der Waals surface area contributed by atoms with Crippen molar-refractivity contribution in [2.45, 2.75) is 24.6 Å². The zero-order chi connectivity index (χ0) is 19.5. The Morgan fingerprint density at radius 3 is 2.74 bits per heavy atom. The van der Waals surface area contributed by atoms with Gasteiger partial charge in [0.1, 0.15) is 5.54 Å². The highest BCUT2D eigenvalue weighted by Gasteiger charge is 2.71. The smallest absolute Gasteiger partial charge is 0.250 e. The molecule has 1 aromatic rings. The standard InChI is InChI=1S/C18H20ClN3O5/c1-8(23)14-12-13(16(25)22(15(12)24)5-6-27-2)18(21-14)10-7-9(19)3-4-11(10)20-17(18)26/h3-4,7-8,12-14,21,23H,5-6H2,1-2H3,(H,20,26)/t8?,12-,13-,14?,18?/m1/s1. The molecular weight excluding hydrogens is 374 g/mol. The zero-order valence-electron chi connectivity index (χ0n) is 14.9. The molecule has 0 saturated carbocycles. The average molecular weight is 394 g/mol. The summed E-state index contributed by atoms with van der Waals surface area (Å²) in [6.07, 6.45) is -0.938. The van der Waals surface area contributed by atoms with Crippen LogP contribution in [0.15, 0.2) is 18.2 Å². The van der Waals surface area contributed by atoms with E-state index in [-0.39, 0.29) is 13.2 Å². The topological polar surface area (TPSA) is 108 Å². The third kappa shape index (κ3) is 2.37. The van der Waals surface area contributed by atoms with Crippen LogP contribution >= 0.6 is 11.6 Å². The molecule has 1 spiro atoms. The first kappa shape index (κ1) is 18.4. The predicted molar refractivity (Wildman–Crippen MR) is 95.9 cm³/mol. The minimum atomic E-state index is -1.44. The Kier molecular flexibility index (Phi) is 4.27. The fraction of sp³-hybridized carbons (Fsp3) is 0.500. The molecule has 27 heavy (non-hydrogen) atoms. The second-order valence-electron chi connectivity index (χ2n) is 7.19. The lowest BCUT2D eigenvalue weighted by molar-refractivity contribution is -0.143. The van der Waals surface area contributed by atoms with Crippen LogP contribution in [0.3, 0.4) is 0 Å². The SMILES string of the molecule is COCCN1C(=O)[C@H]2C(C(C)O)NC3(C(=O)Nc4ccc(Cl)cc43)[C@H]2C1=O. The number of ether oxygens (including phenoxy) is 1. The second kappa shape index (κ2) is 6.27. The normalized spacial score (nSPS) is 32.8. The lowest BCUT2D eigenvalue weighted by Crippen LogP contribution is -2.55. The van der Waals surface area contributed by atoms with Crippen molar-refractivity contribution in [2.24, 2.45) is 11.8 Å². The van der Waals surface area contributed by atoms with E-state index in [1.807, 2.05) is 0 Å². The van der Waals surface area contributed by atoms with Crippen molar-refractivity contribution in [3.63, 3.8) is 0 Å². The molecule has 0 bridgehead atoms. The van der Waals surface area contributed by atoms with E-state index in [0.717, 1.165) is 4.90 Å². The number of aliphatic hydroxyl groups is 1. The fourth-order valence-corrected chi connectivity index (χ4v) is 4.75. The summed E-state index contributed by atoms with van der Waals surface area (Å²) >= 11 is 6.14. The number of benzene rings is 1. The van der Waals surface area contributed by atoms with E-state index in [1.165, 1.54) is 14.0 Å². The average Bonchev–Trinajstić information content (AvgIpc) is 3.20. The van der Waals surface area contributed by atoms with Gasteiger partial charge in [-0.25, -0.2) is 0 Å². The molecule has 5 atom stereocenters. The van der Waals surface area contributed by atoms with Crippen molar-refractivity contribution < 1.29 is 24.2 Å². The van der Waals surface area contributed by atoms with E-state index in [0.29, 0.717) is 16.3 Å². The van der Waals surface area contributed by atoms with Gasteiger partial charge in [0.15, 0.2) is 0 Å². The summed E-state index contributed by atoms with van der Waals surface area (Å²) in [4.78, 5) is 40.3. The van der Waals surface area contributed by atoms with Crippen molar-refractivity contribution in [1.29, 1.82) is 0 Å². The Hall–Kier alpha value is -2.00. The summed E-state index contributed by atoms with van der Waals surface area (Å²) in [6, 6.07) is 4.19. The van der Waals surface area contributed by atoms with Gasteiger partial charge in [0.05, 0.1) is 31.1 Å². The van der Waals surface area contributed by atoms with E-state index in [9.17, 15) is 19.5 Å². The molecule has 3 aliphatic heterocycles. The number of likely N-dealkylation sites (tertiary alicyclic amines) is 1. The third-order valence-corrected chi connectivity index (χ3v) is 5.98. The summed E-state index contributed by atoms with van der Waals surface area (Å²) in [6.45, 7) is 1.84. The molecule has 3 amide bonds. The van der Waals surface area contributed by atoms with Gasteiger partial charge in [0.2, 0.25) is 17.7 Å². The Morgan fingerprint density at radius 1 is 1.33 bits per heavy atom. The van der Waals surface area contributed by atoms with Crippen LogP contribution < -0.4 is 10.6 Å². The van der Waals surface area contributed by atoms with E-state index in [4.69, 9.17) is 16.3 Å². The molecule has 3 N–H and O–H groups in total. The number of nitrogens with one attached hydrogen (secondary N) is 2. The van der Waals surface area contributed by atoms with Crippen molar-refractivity contribution >= 4 is 35.0 Å². The molecular formula is C18H20ClN3O5. The summed E-state index contributed by atoms with van der Waals surface area (Å²) in [7, 11) is 1.48. The number of imide groups is 1. The Labute approximate surface area is 160 Å². The first-order valence-electron chi connectivity index (χ1n) is 8.74. The van der Waals surface area contributed by atoms with Crippen molar-refractivity contribution in [3.8, 4) is 0 Å². The highest BCUT2D eigenvalue weighted by atomic mass is 35.5. The number of hydrogen-bond acceptors (Lipinski definition) is 6. The molecule has 0 aliphatic carbocycles. The summed E-state index contributed by atoms with van der Waals surface area (Å²) in [5.41, 5.74) is -0.383. The van der Waals surface area contributed by atoms with Crippen LogP contribution in [-0.4, -0.2) is 60.1 Å². The zero-order valence-corrected chi connectivity index (χ0v) is 15.6. The van der Waals surface area contributed by atoms with E-state index in [2.05, 4.69) is 10.6 Å². The van der Waals surface area contributed by atoms with E-state index < -0.39 is 47.2 Å². The maximum absolute atomic E-state index is 13.2. The van der Waals surface area contributed by atoms with Gasteiger partial charge in [-0.1, -0.05) is 11.6 Å². The number of methoxy groups -OCH3 is 1. The maximum Gasteiger partial charge on any atom is 0.250 e. The van der Waals surface area contributed by atoms with Gasteiger partial charge in [0.25, 0.3) is 0 Å². The molecule has 3 heterocycles. The number of rotatable bonds is 4. The number of fused-ring (bicyclic) bond motifs is 4. The first-order chi connectivity index (χ1) is 12.8. The molecule has 0 aromatic heterocycles. The number of halogens is 1. The first-order valence-corrected chi connectivity index (χ1v) is 9.12. The lowest BCUT2D eigenvalue weighted by atomic mass is 9.76. The van der Waals surface area contributed by atoms with E-state index >= 15 is 0 Å². The summed E-state index contributed by atoms with van der Waals surface area (Å²) in [5.74, 6) is -3.07. The highest BCUT2D eigenvalue weighted by Crippen LogP contribution is 2.53. The van der Waals surface area contributed by atoms with Gasteiger partial charge in [-0.15, -0.1) is 0 Å². The predicted octanol–water partition coefficient (Wildman–Crippen LogP) is 0.0876. The molecule has 3 unspecified atom stereocenters. The molecule has 2 saturated heterocycles. The molecule has 0 radical (unpaired) electrons. The van der Waals surface area contributed by atoms with Crippen molar-refractivity contribution in [1.82, 2.24) is 10.2 Å². The van der Waals surface area contributed by atoms with E-state index in [1.54, 1.807) is 18.2 Å². The van der Waals surface area contributed by atoms with Crippen LogP contribution in [0.4, 0.5) is 5.69 Å². The second-order valence-corrected chi connectivity index (χ2v) is 7.62. The molecule has 8 nitrogen and oxygen atoms in total. The maximum atomic E-state index is 13.2. The fourth-order valence-electron chi connectivity index (χ4n) is 4.58. The van der Waals surface area contributed by atoms with Gasteiger partial charge in [-0.3, -0.25) is 24.6 Å². The number of aliphatic hydroxyl groups excluding tert-OH is 1. The van der Waals surface area contributed by atoms with Gasteiger partial charge in [-0.05, 0) is 25.1 Å². The quantitative estimate of drug-likeness (QED) is 0.626. The van der Waals surface area contributed by atoms with Gasteiger partial charge in [0, 0.05) is 29.4 Å². The van der Waals surface area contributed by atoms with Crippen molar-refractivity contribution in [3.05, 3.63) is 28.8 Å². The molecule has 2 fully saturated rings. The number of carbonyl (C=O) groups excluding carboxylic acids is 3. The summed E-state index contributed by atoms with van der Waals surface area (Å²) < 4.78 is 5.00. The number of hydrogen-bond donors (Lipinski definition) is 3. The largest absolute Gasteiger partial charge is 0.392 e.